The Hall–Kier alpha value is 0.280. The van der Waals surface area contributed by atoms with Gasteiger partial charge in [-0.05, 0) is 12.8 Å². The molecular weight excluding hydrogens is 290 g/mol. The van der Waals surface area contributed by atoms with Crippen LogP contribution in [0.2, 0.25) is 0 Å². The van der Waals surface area contributed by atoms with Crippen molar-refractivity contribution in [2.75, 3.05) is 33.4 Å². The van der Waals surface area contributed by atoms with Gasteiger partial charge in [-0.15, -0.1) is 11.8 Å². The number of hydrogen-bond donors (Lipinski definition) is 0. The summed E-state index contributed by atoms with van der Waals surface area (Å²) in [4.78, 5) is 0. The molecule has 116 valence electrons. The van der Waals surface area contributed by atoms with Crippen LogP contribution < -0.4 is 0 Å². The zero-order chi connectivity index (χ0) is 15.2. The van der Waals surface area contributed by atoms with Gasteiger partial charge in [0.1, 0.15) is 21.8 Å². The summed E-state index contributed by atoms with van der Waals surface area (Å²) >= 11 is 1.69. The minimum atomic E-state index is -0.261. The van der Waals surface area contributed by atoms with Crippen molar-refractivity contribution in [2.45, 2.75) is 48.4 Å². The summed E-state index contributed by atoms with van der Waals surface area (Å²) < 4.78 is 27.4. The predicted octanol–water partition coefficient (Wildman–Crippen LogP) is 0.291. The highest BCUT2D eigenvalue weighted by atomic mass is 32.2. The predicted molar refractivity (Wildman–Crippen MR) is 82.9 cm³/mol. The van der Waals surface area contributed by atoms with Gasteiger partial charge in [0.25, 0.3) is 0 Å². The van der Waals surface area contributed by atoms with Crippen LogP contribution in [-0.4, -0.2) is 84.6 Å². The van der Waals surface area contributed by atoms with Gasteiger partial charge in [0.15, 0.2) is 0 Å². The molecule has 2 aliphatic rings. The van der Waals surface area contributed by atoms with Gasteiger partial charge in [-0.25, -0.2) is 0 Å². The number of rotatable bonds is 8. The topological polar surface area (TPSA) is 46.2 Å². The Kier molecular flexibility index (Phi) is 7.38. The first-order chi connectivity index (χ1) is 10.1. The molecule has 0 saturated carbocycles. The van der Waals surface area contributed by atoms with Gasteiger partial charge in [0, 0.05) is 31.5 Å². The third-order valence-electron chi connectivity index (χ3n) is 3.74. The monoisotopic (exact) mass is 312 g/mol. The summed E-state index contributed by atoms with van der Waals surface area (Å²) in [5.41, 5.74) is 0. The van der Waals surface area contributed by atoms with E-state index < -0.39 is 0 Å². The van der Waals surface area contributed by atoms with Crippen molar-refractivity contribution < 1.29 is 23.7 Å². The highest BCUT2D eigenvalue weighted by molar-refractivity contribution is 7.99. The van der Waals surface area contributed by atoms with Crippen molar-refractivity contribution in [3.63, 3.8) is 0 Å². The molecule has 0 N–H and O–H groups in total. The highest BCUT2D eigenvalue weighted by Crippen LogP contribution is 2.30. The second-order valence-corrected chi connectivity index (χ2v) is 6.50. The molecule has 0 bridgehead atoms. The van der Waals surface area contributed by atoms with E-state index in [0.29, 0.717) is 30.8 Å². The fourth-order valence-electron chi connectivity index (χ4n) is 2.68. The maximum Gasteiger partial charge on any atom is 0.109 e. The van der Waals surface area contributed by atoms with E-state index in [4.69, 9.17) is 39.4 Å². The van der Waals surface area contributed by atoms with Crippen molar-refractivity contribution in [1.82, 2.24) is 0 Å². The van der Waals surface area contributed by atoms with Gasteiger partial charge >= 0.3 is 0 Å². The minimum absolute atomic E-state index is 0.00877. The quantitative estimate of drug-likeness (QED) is 0.365. The minimum Gasteiger partial charge on any atom is -0.382 e. The molecule has 0 unspecified atom stereocenters. The van der Waals surface area contributed by atoms with Crippen LogP contribution in [0.3, 0.4) is 0 Å². The van der Waals surface area contributed by atoms with E-state index in [2.05, 4.69) is 0 Å². The molecule has 5 nitrogen and oxygen atoms in total. The molecule has 2 saturated heterocycles. The molecule has 0 aromatic heterocycles. The van der Waals surface area contributed by atoms with Crippen molar-refractivity contribution in [3.05, 3.63) is 0 Å². The van der Waals surface area contributed by atoms with Crippen molar-refractivity contribution in [2.24, 2.45) is 0 Å². The lowest BCUT2D eigenvalue weighted by Crippen LogP contribution is -2.29. The van der Waals surface area contributed by atoms with Crippen LogP contribution >= 0.6 is 11.8 Å². The van der Waals surface area contributed by atoms with Gasteiger partial charge < -0.3 is 23.7 Å². The van der Waals surface area contributed by atoms with Crippen molar-refractivity contribution in [1.29, 1.82) is 0 Å². The summed E-state index contributed by atoms with van der Waals surface area (Å²) in [5.74, 6) is 0.562. The van der Waals surface area contributed by atoms with Crippen LogP contribution in [-0.2, 0) is 23.7 Å². The summed E-state index contributed by atoms with van der Waals surface area (Å²) in [7, 11) is 14.9. The molecule has 0 aromatic carbocycles. The number of ether oxygens (including phenoxy) is 5. The van der Waals surface area contributed by atoms with Gasteiger partial charge in [-0.2, -0.15) is 0 Å². The molecule has 2 heterocycles. The largest absolute Gasteiger partial charge is 0.382 e. The Morgan fingerprint density at radius 1 is 1.05 bits per heavy atom. The highest BCUT2D eigenvalue weighted by Gasteiger charge is 2.34. The Labute approximate surface area is 133 Å². The molecule has 0 spiro atoms. The molecule has 0 amide bonds. The first-order valence-electron chi connectivity index (χ1n) is 7.17. The average molecular weight is 312 g/mol. The van der Waals surface area contributed by atoms with Gasteiger partial charge in [-0.1, -0.05) is 0 Å². The van der Waals surface area contributed by atoms with Gasteiger partial charge in [0.05, 0.1) is 31.4 Å². The zero-order valence-corrected chi connectivity index (χ0v) is 13.4. The van der Waals surface area contributed by atoms with E-state index in [0.717, 1.165) is 6.42 Å². The fraction of sp³-hybridized carbons (Fsp3) is 1.00. The normalized spacial score (nSPS) is 39.9. The Morgan fingerprint density at radius 2 is 1.76 bits per heavy atom. The van der Waals surface area contributed by atoms with Crippen LogP contribution in [0.4, 0.5) is 0 Å². The third-order valence-corrected chi connectivity index (χ3v) is 4.97. The first kappa shape index (κ1) is 17.6. The van der Waals surface area contributed by atoms with Crippen LogP contribution in [0.15, 0.2) is 0 Å². The Balaban J connectivity index is 1.65. The van der Waals surface area contributed by atoms with Crippen LogP contribution in [0.1, 0.15) is 12.8 Å². The molecule has 6 atom stereocenters. The van der Waals surface area contributed by atoms with E-state index in [1.807, 2.05) is 0 Å². The first-order valence-corrected chi connectivity index (χ1v) is 8.22. The standard InChI is InChI=1S/C13H22B2O5S/c1-16-5-10-11(4-13(15)20-10)21-7-18-6-9-8(17-2)3-12(14)19-9/h8-13H,3-7H2,1-2H3/t8-,9-,10-,11-,12-,13-/m1/s1. The molecule has 2 aliphatic heterocycles. The average Bonchev–Trinajstić information content (AvgIpc) is 2.98. The van der Waals surface area contributed by atoms with E-state index in [9.17, 15) is 0 Å². The molecule has 8 heteroatoms. The van der Waals surface area contributed by atoms with E-state index in [-0.39, 0.29) is 30.3 Å². The SMILES string of the molecule is [B][C@H]1C[C@@H](OC)[C@@H](COCS[C@@H]2C[C@H]([B])O[C@@H]2COC)O1. The van der Waals surface area contributed by atoms with E-state index in [1.54, 1.807) is 26.0 Å². The molecule has 0 aromatic rings. The van der Waals surface area contributed by atoms with Crippen LogP contribution in [0.25, 0.3) is 0 Å². The molecule has 0 aliphatic carbocycles. The number of methoxy groups -OCH3 is 2. The molecular formula is C13H22B2O5S. The maximum atomic E-state index is 5.82. The Morgan fingerprint density at radius 3 is 2.48 bits per heavy atom. The lowest BCUT2D eigenvalue weighted by molar-refractivity contribution is -0.0342. The number of thioether (sulfide) groups is 1. The third kappa shape index (κ3) is 5.15. The molecule has 4 radical (unpaired) electrons. The lowest BCUT2D eigenvalue weighted by Gasteiger charge is -2.19. The summed E-state index contributed by atoms with van der Waals surface area (Å²) in [6.45, 7) is 1.03. The fourth-order valence-corrected chi connectivity index (χ4v) is 3.73. The molecule has 2 rings (SSSR count). The van der Waals surface area contributed by atoms with E-state index >= 15 is 0 Å². The summed E-state index contributed by atoms with van der Waals surface area (Å²) in [6, 6.07) is -0.472. The second-order valence-electron chi connectivity index (χ2n) is 5.32. The smallest absolute Gasteiger partial charge is 0.109 e. The Bertz CT molecular complexity index is 312. The van der Waals surface area contributed by atoms with Crippen molar-refractivity contribution >= 4 is 27.5 Å². The van der Waals surface area contributed by atoms with Gasteiger partial charge in [0.2, 0.25) is 0 Å². The van der Waals surface area contributed by atoms with E-state index in [1.165, 1.54) is 0 Å². The maximum absolute atomic E-state index is 5.82. The van der Waals surface area contributed by atoms with Gasteiger partial charge in [-0.3, -0.25) is 0 Å². The molecule has 21 heavy (non-hydrogen) atoms. The number of hydrogen-bond acceptors (Lipinski definition) is 6. The summed E-state index contributed by atoms with van der Waals surface area (Å²) in [6.07, 6.45) is 1.46. The van der Waals surface area contributed by atoms with Crippen molar-refractivity contribution in [3.8, 4) is 0 Å². The summed E-state index contributed by atoms with van der Waals surface area (Å²) in [5, 5.41) is 0.296. The molecule has 2 fully saturated rings. The lowest BCUT2D eigenvalue weighted by atomic mass is 9.96. The van der Waals surface area contributed by atoms with Crippen LogP contribution in [0, 0.1) is 0 Å². The zero-order valence-electron chi connectivity index (χ0n) is 12.6. The second kappa shape index (κ2) is 8.79. The van der Waals surface area contributed by atoms with Crippen LogP contribution in [0.5, 0.6) is 0 Å².